The number of hydrogen-bond acceptors (Lipinski definition) is 4. The Kier molecular flexibility index (Phi) is 4.90. The van der Waals surface area contributed by atoms with Gasteiger partial charge < -0.3 is 14.8 Å². The van der Waals surface area contributed by atoms with Crippen LogP contribution in [0.1, 0.15) is 11.1 Å². The summed E-state index contributed by atoms with van der Waals surface area (Å²) < 4.78 is 12.5. The molecule has 3 nitrogen and oxygen atoms in total. The average molecular weight is 396 g/mol. The van der Waals surface area contributed by atoms with E-state index >= 15 is 0 Å². The van der Waals surface area contributed by atoms with Crippen molar-refractivity contribution in [1.82, 2.24) is 0 Å². The van der Waals surface area contributed by atoms with Crippen molar-refractivity contribution >= 4 is 49.9 Å². The van der Waals surface area contributed by atoms with Crippen LogP contribution in [0, 0.1) is 6.92 Å². The first kappa shape index (κ1) is 15.6. The van der Waals surface area contributed by atoms with Crippen molar-refractivity contribution in [3.8, 4) is 11.5 Å². The van der Waals surface area contributed by atoms with Gasteiger partial charge in [0, 0.05) is 15.9 Å². The van der Waals surface area contributed by atoms with E-state index in [2.05, 4.69) is 34.2 Å². The summed E-state index contributed by atoms with van der Waals surface area (Å²) >= 11 is 10.5. The normalized spacial score (nSPS) is 12.3. The minimum atomic E-state index is 0.300. The molecule has 0 amide bonds. The van der Waals surface area contributed by atoms with E-state index in [0.717, 1.165) is 37.3 Å². The topological polar surface area (TPSA) is 30.5 Å². The van der Waals surface area contributed by atoms with Gasteiger partial charge in [-0.25, -0.2) is 0 Å². The Bertz CT molecular complexity index is 721. The number of fused-ring (bicyclic) bond motifs is 1. The van der Waals surface area contributed by atoms with Gasteiger partial charge in [-0.2, -0.15) is 0 Å². The summed E-state index contributed by atoms with van der Waals surface area (Å²) in [4.78, 5) is 0. The molecule has 2 aromatic rings. The molecule has 0 spiro atoms. The molecule has 0 fully saturated rings. The molecule has 0 atom stereocenters. The molecule has 2 aromatic carbocycles. The van der Waals surface area contributed by atoms with Crippen molar-refractivity contribution in [3.63, 3.8) is 0 Å². The number of rotatable bonds is 3. The largest absolute Gasteiger partial charge is 0.454 e. The fourth-order valence-electron chi connectivity index (χ4n) is 2.00. The minimum absolute atomic E-state index is 0.300. The Morgan fingerprint density at radius 3 is 2.86 bits per heavy atom. The lowest BCUT2D eigenvalue weighted by Gasteiger charge is -2.09. The van der Waals surface area contributed by atoms with E-state index < -0.39 is 0 Å². The molecule has 0 saturated heterocycles. The van der Waals surface area contributed by atoms with Gasteiger partial charge in [-0.15, -0.1) is 0 Å². The minimum Gasteiger partial charge on any atom is -0.454 e. The first-order chi connectivity index (χ1) is 10.6. The number of thiocarbonyl (C=S) groups is 1. The van der Waals surface area contributed by atoms with Crippen molar-refractivity contribution in [2.45, 2.75) is 12.7 Å². The van der Waals surface area contributed by atoms with E-state index in [1.165, 1.54) is 5.56 Å². The number of anilines is 1. The average Bonchev–Trinajstić information content (AvgIpc) is 2.96. The van der Waals surface area contributed by atoms with Gasteiger partial charge in [0.1, 0.15) is 4.32 Å². The summed E-state index contributed by atoms with van der Waals surface area (Å²) in [5, 5.41) is 3.24. The third kappa shape index (κ3) is 3.74. The van der Waals surface area contributed by atoms with Crippen LogP contribution in [0.4, 0.5) is 5.69 Å². The van der Waals surface area contributed by atoms with E-state index in [4.69, 9.17) is 21.7 Å². The van der Waals surface area contributed by atoms with Gasteiger partial charge in [-0.3, -0.25) is 0 Å². The number of nitrogens with one attached hydrogen (secondary N) is 1. The lowest BCUT2D eigenvalue weighted by molar-refractivity contribution is 0.174. The number of ether oxygens (including phenoxy) is 2. The molecule has 1 aliphatic heterocycles. The zero-order valence-corrected chi connectivity index (χ0v) is 15.1. The zero-order chi connectivity index (χ0) is 15.5. The van der Waals surface area contributed by atoms with Crippen LogP contribution >= 0.6 is 39.9 Å². The molecule has 6 heteroatoms. The molecule has 114 valence electrons. The van der Waals surface area contributed by atoms with Gasteiger partial charge in [0.2, 0.25) is 6.79 Å². The first-order valence-corrected chi connectivity index (χ1v) is 8.89. The van der Waals surface area contributed by atoms with Crippen LogP contribution in [-0.2, 0) is 5.75 Å². The van der Waals surface area contributed by atoms with Crippen molar-refractivity contribution in [2.75, 3.05) is 12.1 Å². The quantitative estimate of drug-likeness (QED) is 0.728. The number of halogens is 1. The predicted octanol–water partition coefficient (Wildman–Crippen LogP) is 5.12. The van der Waals surface area contributed by atoms with Crippen LogP contribution in [-0.4, -0.2) is 11.1 Å². The highest BCUT2D eigenvalue weighted by molar-refractivity contribution is 9.10. The van der Waals surface area contributed by atoms with Gasteiger partial charge in [0.25, 0.3) is 0 Å². The summed E-state index contributed by atoms with van der Waals surface area (Å²) in [6, 6.07) is 12.1. The van der Waals surface area contributed by atoms with E-state index in [-0.39, 0.29) is 0 Å². The van der Waals surface area contributed by atoms with Gasteiger partial charge in [-0.05, 0) is 42.3 Å². The zero-order valence-electron chi connectivity index (χ0n) is 11.9. The molecular formula is C16H14BrNO2S2. The molecule has 1 aliphatic rings. The molecule has 0 saturated carbocycles. The summed E-state index contributed by atoms with van der Waals surface area (Å²) in [6.45, 7) is 2.36. The number of thioether (sulfide) groups is 1. The van der Waals surface area contributed by atoms with Crippen LogP contribution in [0.25, 0.3) is 0 Å². The van der Waals surface area contributed by atoms with E-state index in [1.54, 1.807) is 11.8 Å². The van der Waals surface area contributed by atoms with E-state index in [9.17, 15) is 0 Å². The predicted molar refractivity (Wildman–Crippen MR) is 99.0 cm³/mol. The van der Waals surface area contributed by atoms with Gasteiger partial charge in [0.15, 0.2) is 11.5 Å². The highest BCUT2D eigenvalue weighted by Crippen LogP contribution is 2.33. The molecule has 22 heavy (non-hydrogen) atoms. The summed E-state index contributed by atoms with van der Waals surface area (Å²) in [7, 11) is 0. The van der Waals surface area contributed by atoms with Crippen molar-refractivity contribution in [2.24, 2.45) is 0 Å². The summed E-state index contributed by atoms with van der Waals surface area (Å²) in [5.41, 5.74) is 3.34. The maximum atomic E-state index is 5.39. The maximum Gasteiger partial charge on any atom is 0.231 e. The van der Waals surface area contributed by atoms with Gasteiger partial charge in [-0.1, -0.05) is 52.0 Å². The molecule has 1 N–H and O–H groups in total. The third-order valence-corrected chi connectivity index (χ3v) is 5.38. The lowest BCUT2D eigenvalue weighted by Crippen LogP contribution is -2.05. The van der Waals surface area contributed by atoms with E-state index in [0.29, 0.717) is 6.79 Å². The fraction of sp³-hybridized carbons (Fsp3) is 0.188. The van der Waals surface area contributed by atoms with Crippen LogP contribution in [0.15, 0.2) is 40.9 Å². The Morgan fingerprint density at radius 2 is 2.05 bits per heavy atom. The standard InChI is InChI=1S/C16H14BrNO2S2/c1-10-2-4-12(7-13(10)17)18-16(21)22-8-11-3-5-14-15(6-11)20-9-19-14/h2-7H,8-9H2,1H3,(H,18,21). The Labute approximate surface area is 147 Å². The Morgan fingerprint density at radius 1 is 1.23 bits per heavy atom. The van der Waals surface area contributed by atoms with Gasteiger partial charge in [0.05, 0.1) is 0 Å². The second kappa shape index (κ2) is 6.89. The SMILES string of the molecule is Cc1ccc(NC(=S)SCc2ccc3c(c2)OCO3)cc1Br. The number of benzene rings is 2. The summed E-state index contributed by atoms with van der Waals surface area (Å²) in [6.07, 6.45) is 0. The molecule has 0 bridgehead atoms. The molecule has 0 aromatic heterocycles. The van der Waals surface area contributed by atoms with Crippen LogP contribution < -0.4 is 14.8 Å². The van der Waals surface area contributed by atoms with E-state index in [1.807, 2.05) is 30.3 Å². The lowest BCUT2D eigenvalue weighted by atomic mass is 10.2. The van der Waals surface area contributed by atoms with Crippen LogP contribution in [0.3, 0.4) is 0 Å². The molecule has 0 radical (unpaired) electrons. The van der Waals surface area contributed by atoms with Gasteiger partial charge >= 0.3 is 0 Å². The molecular weight excluding hydrogens is 382 g/mol. The first-order valence-electron chi connectivity index (χ1n) is 6.70. The second-order valence-corrected chi connectivity index (χ2v) is 7.36. The van der Waals surface area contributed by atoms with Crippen molar-refractivity contribution < 1.29 is 9.47 Å². The Hall–Kier alpha value is -1.24. The molecule has 0 aliphatic carbocycles. The third-order valence-electron chi connectivity index (χ3n) is 3.23. The second-order valence-electron chi connectivity index (χ2n) is 4.85. The van der Waals surface area contributed by atoms with Crippen LogP contribution in [0.5, 0.6) is 11.5 Å². The number of hydrogen-bond donors (Lipinski definition) is 1. The number of aryl methyl sites for hydroxylation is 1. The smallest absolute Gasteiger partial charge is 0.231 e. The summed E-state index contributed by atoms with van der Waals surface area (Å²) in [5.74, 6) is 2.40. The van der Waals surface area contributed by atoms with Crippen molar-refractivity contribution in [1.29, 1.82) is 0 Å². The highest BCUT2D eigenvalue weighted by atomic mass is 79.9. The van der Waals surface area contributed by atoms with Crippen molar-refractivity contribution in [3.05, 3.63) is 52.0 Å². The van der Waals surface area contributed by atoms with Crippen LogP contribution in [0.2, 0.25) is 0 Å². The molecule has 1 heterocycles. The molecule has 3 rings (SSSR count). The fourth-order valence-corrected chi connectivity index (χ4v) is 3.34. The Balaban J connectivity index is 1.57. The monoisotopic (exact) mass is 395 g/mol. The highest BCUT2D eigenvalue weighted by Gasteiger charge is 2.13. The molecule has 0 unspecified atom stereocenters. The maximum absolute atomic E-state index is 5.39.